The SMILES string of the molecule is CC(C)C1CN(C)c2cc(C(C)(C)C)ccc2N1. The number of nitrogens with one attached hydrogen (secondary N) is 1. The van der Waals surface area contributed by atoms with E-state index in [1.165, 1.54) is 16.9 Å². The van der Waals surface area contributed by atoms with Crippen LogP contribution in [0, 0.1) is 5.92 Å². The van der Waals surface area contributed by atoms with E-state index in [0.29, 0.717) is 12.0 Å². The third-order valence-corrected chi connectivity index (χ3v) is 3.89. The van der Waals surface area contributed by atoms with Crippen molar-refractivity contribution in [2.75, 3.05) is 23.8 Å². The molecule has 100 valence electrons. The highest BCUT2D eigenvalue weighted by molar-refractivity contribution is 5.73. The highest BCUT2D eigenvalue weighted by atomic mass is 15.2. The lowest BCUT2D eigenvalue weighted by atomic mass is 9.86. The lowest BCUT2D eigenvalue weighted by Gasteiger charge is -2.37. The summed E-state index contributed by atoms with van der Waals surface area (Å²) in [6.07, 6.45) is 0. The molecule has 0 spiro atoms. The normalized spacial score (nSPS) is 19.7. The quantitative estimate of drug-likeness (QED) is 0.809. The average Bonchev–Trinajstić information content (AvgIpc) is 2.27. The van der Waals surface area contributed by atoms with Crippen LogP contribution in [-0.2, 0) is 5.41 Å². The number of benzene rings is 1. The van der Waals surface area contributed by atoms with E-state index < -0.39 is 0 Å². The molecule has 1 aromatic carbocycles. The van der Waals surface area contributed by atoms with Gasteiger partial charge in [-0.25, -0.2) is 0 Å². The third-order valence-electron chi connectivity index (χ3n) is 3.89. The van der Waals surface area contributed by atoms with Crippen molar-refractivity contribution in [1.29, 1.82) is 0 Å². The van der Waals surface area contributed by atoms with Gasteiger partial charge in [0, 0.05) is 19.6 Å². The zero-order valence-corrected chi connectivity index (χ0v) is 12.5. The average molecular weight is 246 g/mol. The highest BCUT2D eigenvalue weighted by Gasteiger charge is 2.25. The van der Waals surface area contributed by atoms with Gasteiger partial charge >= 0.3 is 0 Å². The number of nitrogens with zero attached hydrogens (tertiary/aromatic N) is 1. The van der Waals surface area contributed by atoms with Crippen LogP contribution in [0.2, 0.25) is 0 Å². The molecule has 1 heterocycles. The molecule has 1 atom stereocenters. The smallest absolute Gasteiger partial charge is 0.0603 e. The van der Waals surface area contributed by atoms with Crippen LogP contribution in [-0.4, -0.2) is 19.6 Å². The second-order valence-electron chi connectivity index (χ2n) is 6.86. The molecule has 0 amide bonds. The standard InChI is InChI=1S/C16H26N2/c1-11(2)14-10-18(6)15-9-12(16(3,4)5)7-8-13(15)17-14/h7-9,11,14,17H,10H2,1-6H3. The minimum atomic E-state index is 0.213. The maximum absolute atomic E-state index is 3.66. The summed E-state index contributed by atoms with van der Waals surface area (Å²) in [6, 6.07) is 7.37. The minimum absolute atomic E-state index is 0.213. The molecule has 1 aromatic rings. The van der Waals surface area contributed by atoms with Gasteiger partial charge in [-0.2, -0.15) is 0 Å². The first-order chi connectivity index (χ1) is 8.29. The Hall–Kier alpha value is -1.18. The second-order valence-corrected chi connectivity index (χ2v) is 6.86. The number of hydrogen-bond acceptors (Lipinski definition) is 2. The van der Waals surface area contributed by atoms with E-state index in [2.05, 4.69) is 70.1 Å². The summed E-state index contributed by atoms with van der Waals surface area (Å²) in [6.45, 7) is 12.4. The Morgan fingerprint density at radius 3 is 2.50 bits per heavy atom. The summed E-state index contributed by atoms with van der Waals surface area (Å²) >= 11 is 0. The second kappa shape index (κ2) is 4.49. The van der Waals surface area contributed by atoms with Crippen molar-refractivity contribution in [3.05, 3.63) is 23.8 Å². The summed E-state index contributed by atoms with van der Waals surface area (Å²) in [7, 11) is 2.20. The van der Waals surface area contributed by atoms with Gasteiger partial charge in [-0.15, -0.1) is 0 Å². The monoisotopic (exact) mass is 246 g/mol. The molecule has 0 radical (unpaired) electrons. The molecule has 1 aliphatic rings. The first-order valence-electron chi connectivity index (χ1n) is 6.91. The molecule has 2 rings (SSSR count). The van der Waals surface area contributed by atoms with E-state index in [0.717, 1.165) is 6.54 Å². The van der Waals surface area contributed by atoms with E-state index in [9.17, 15) is 0 Å². The van der Waals surface area contributed by atoms with Gasteiger partial charge in [-0.1, -0.05) is 40.7 Å². The van der Waals surface area contributed by atoms with Crippen molar-refractivity contribution in [2.24, 2.45) is 5.92 Å². The molecule has 1 unspecified atom stereocenters. The van der Waals surface area contributed by atoms with Crippen LogP contribution in [0.5, 0.6) is 0 Å². The predicted octanol–water partition coefficient (Wildman–Crippen LogP) is 3.87. The van der Waals surface area contributed by atoms with Gasteiger partial charge < -0.3 is 10.2 Å². The number of fused-ring (bicyclic) bond motifs is 1. The summed E-state index contributed by atoms with van der Waals surface area (Å²) in [4.78, 5) is 2.38. The van der Waals surface area contributed by atoms with Crippen LogP contribution >= 0.6 is 0 Å². The maximum Gasteiger partial charge on any atom is 0.0603 e. The summed E-state index contributed by atoms with van der Waals surface area (Å²) in [5, 5.41) is 3.66. The highest BCUT2D eigenvalue weighted by Crippen LogP contribution is 2.35. The molecule has 2 heteroatoms. The Balaban J connectivity index is 2.35. The van der Waals surface area contributed by atoms with E-state index >= 15 is 0 Å². The van der Waals surface area contributed by atoms with Crippen LogP contribution < -0.4 is 10.2 Å². The van der Waals surface area contributed by atoms with E-state index in [1.807, 2.05) is 0 Å². The number of rotatable bonds is 1. The molecule has 2 nitrogen and oxygen atoms in total. The summed E-state index contributed by atoms with van der Waals surface area (Å²) in [5.41, 5.74) is 4.22. The molecular formula is C16H26N2. The molecule has 0 aliphatic carbocycles. The Kier molecular flexibility index (Phi) is 3.31. The van der Waals surface area contributed by atoms with Crippen molar-refractivity contribution >= 4 is 11.4 Å². The largest absolute Gasteiger partial charge is 0.379 e. The molecule has 1 N–H and O–H groups in total. The van der Waals surface area contributed by atoms with Gasteiger partial charge in [0.25, 0.3) is 0 Å². The van der Waals surface area contributed by atoms with Crippen molar-refractivity contribution < 1.29 is 0 Å². The molecule has 1 aliphatic heterocycles. The van der Waals surface area contributed by atoms with Gasteiger partial charge in [0.15, 0.2) is 0 Å². The van der Waals surface area contributed by atoms with E-state index in [-0.39, 0.29) is 5.41 Å². The van der Waals surface area contributed by atoms with Crippen LogP contribution in [0.1, 0.15) is 40.2 Å². The number of likely N-dealkylation sites (N-methyl/N-ethyl adjacent to an activating group) is 1. The predicted molar refractivity (Wildman–Crippen MR) is 80.7 cm³/mol. The molecule has 0 bridgehead atoms. The summed E-state index contributed by atoms with van der Waals surface area (Å²) in [5.74, 6) is 0.655. The van der Waals surface area contributed by atoms with Gasteiger partial charge in [0.2, 0.25) is 0 Å². The Morgan fingerprint density at radius 2 is 1.94 bits per heavy atom. The minimum Gasteiger partial charge on any atom is -0.379 e. The summed E-state index contributed by atoms with van der Waals surface area (Å²) < 4.78 is 0. The number of anilines is 2. The lowest BCUT2D eigenvalue weighted by Crippen LogP contribution is -2.42. The third kappa shape index (κ3) is 2.47. The zero-order chi connectivity index (χ0) is 13.5. The first kappa shape index (κ1) is 13.3. The Morgan fingerprint density at radius 1 is 1.28 bits per heavy atom. The fourth-order valence-corrected chi connectivity index (χ4v) is 2.45. The van der Waals surface area contributed by atoms with Crippen LogP contribution in [0.15, 0.2) is 18.2 Å². The van der Waals surface area contributed by atoms with Crippen molar-refractivity contribution in [2.45, 2.75) is 46.1 Å². The molecule has 0 fully saturated rings. The molecule has 0 saturated carbocycles. The lowest BCUT2D eigenvalue weighted by molar-refractivity contribution is 0.514. The van der Waals surface area contributed by atoms with Gasteiger partial charge in [-0.05, 0) is 29.0 Å². The van der Waals surface area contributed by atoms with Gasteiger partial charge in [-0.3, -0.25) is 0 Å². The van der Waals surface area contributed by atoms with Crippen LogP contribution in [0.25, 0.3) is 0 Å². The fourth-order valence-electron chi connectivity index (χ4n) is 2.45. The van der Waals surface area contributed by atoms with Crippen LogP contribution in [0.3, 0.4) is 0 Å². The topological polar surface area (TPSA) is 15.3 Å². The van der Waals surface area contributed by atoms with Crippen molar-refractivity contribution in [3.63, 3.8) is 0 Å². The van der Waals surface area contributed by atoms with E-state index in [1.54, 1.807) is 0 Å². The Bertz CT molecular complexity index is 429. The van der Waals surface area contributed by atoms with E-state index in [4.69, 9.17) is 0 Å². The Labute approximate surface area is 111 Å². The maximum atomic E-state index is 3.66. The van der Waals surface area contributed by atoms with Crippen molar-refractivity contribution in [1.82, 2.24) is 0 Å². The molecule has 0 aromatic heterocycles. The van der Waals surface area contributed by atoms with Crippen molar-refractivity contribution in [3.8, 4) is 0 Å². The first-order valence-corrected chi connectivity index (χ1v) is 6.91. The van der Waals surface area contributed by atoms with Gasteiger partial charge in [0.1, 0.15) is 0 Å². The zero-order valence-electron chi connectivity index (χ0n) is 12.5. The molecule has 0 saturated heterocycles. The van der Waals surface area contributed by atoms with Gasteiger partial charge in [0.05, 0.1) is 11.4 Å². The number of hydrogen-bond donors (Lipinski definition) is 1. The fraction of sp³-hybridized carbons (Fsp3) is 0.625. The molecular weight excluding hydrogens is 220 g/mol. The van der Waals surface area contributed by atoms with Crippen LogP contribution in [0.4, 0.5) is 11.4 Å². The molecule has 18 heavy (non-hydrogen) atoms.